The molecule has 88 valence electrons. The fraction of sp³-hybridized carbons (Fsp3) is 0.125. The molecule has 9 heteroatoms. The van der Waals surface area contributed by atoms with E-state index in [2.05, 4.69) is 30.5 Å². The maximum Gasteiger partial charge on any atom is 0.257 e. The minimum absolute atomic E-state index is 0.314. The van der Waals surface area contributed by atoms with Crippen molar-refractivity contribution in [3.8, 4) is 0 Å². The van der Waals surface area contributed by atoms with Gasteiger partial charge >= 0.3 is 0 Å². The van der Waals surface area contributed by atoms with Crippen LogP contribution in [-0.4, -0.2) is 25.7 Å². The quantitative estimate of drug-likeness (QED) is 0.525. The van der Waals surface area contributed by atoms with E-state index in [-0.39, 0.29) is 5.91 Å². The van der Waals surface area contributed by atoms with Gasteiger partial charge in [0, 0.05) is 22.8 Å². The van der Waals surface area contributed by atoms with Crippen LogP contribution < -0.4 is 16.6 Å². The van der Waals surface area contributed by atoms with Crippen LogP contribution >= 0.6 is 11.5 Å². The van der Waals surface area contributed by atoms with Gasteiger partial charge in [-0.15, -0.1) is 0 Å². The molecule has 0 unspecified atom stereocenters. The summed E-state index contributed by atoms with van der Waals surface area (Å²) >= 11 is 1.000. The van der Waals surface area contributed by atoms with Crippen molar-refractivity contribution < 1.29 is 4.79 Å². The third kappa shape index (κ3) is 2.71. The predicted molar refractivity (Wildman–Crippen MR) is 62.4 cm³/mol. The Morgan fingerprint density at radius 3 is 2.94 bits per heavy atom. The zero-order valence-corrected chi connectivity index (χ0v) is 9.65. The second kappa shape index (κ2) is 4.80. The highest BCUT2D eigenvalue weighted by Gasteiger charge is 2.10. The number of rotatable bonds is 3. The van der Waals surface area contributed by atoms with Crippen molar-refractivity contribution in [3.63, 3.8) is 0 Å². The van der Waals surface area contributed by atoms with Gasteiger partial charge in [-0.3, -0.25) is 10.1 Å². The molecule has 0 atom stereocenters. The van der Waals surface area contributed by atoms with E-state index in [0.29, 0.717) is 22.2 Å². The van der Waals surface area contributed by atoms with Crippen molar-refractivity contribution >= 4 is 28.4 Å². The average molecular weight is 251 g/mol. The number of pyridine rings is 1. The number of hydrazine groups is 1. The van der Waals surface area contributed by atoms with Gasteiger partial charge in [-0.2, -0.15) is 0 Å². The molecule has 0 saturated heterocycles. The Bertz CT molecular complexity index is 527. The molecule has 0 radical (unpaired) electrons. The van der Waals surface area contributed by atoms with Crippen LogP contribution in [0.2, 0.25) is 0 Å². The molecule has 2 heterocycles. The average Bonchev–Trinajstić information content (AvgIpc) is 2.81. The summed E-state index contributed by atoms with van der Waals surface area (Å²) in [5.41, 5.74) is 3.51. The number of nitrogens with zero attached hydrogens (tertiary/aromatic N) is 4. The molecule has 1 amide bonds. The number of amides is 1. The summed E-state index contributed by atoms with van der Waals surface area (Å²) in [5, 5.41) is 9.90. The highest BCUT2D eigenvalue weighted by atomic mass is 32.1. The third-order valence-corrected chi connectivity index (χ3v) is 2.39. The van der Waals surface area contributed by atoms with Gasteiger partial charge in [0.2, 0.25) is 5.13 Å². The van der Waals surface area contributed by atoms with E-state index in [9.17, 15) is 4.79 Å². The third-order valence-electron chi connectivity index (χ3n) is 1.88. The summed E-state index contributed by atoms with van der Waals surface area (Å²) in [4.78, 5) is 15.9. The number of nitrogen functional groups attached to an aromatic ring is 1. The molecule has 4 N–H and O–H groups in total. The van der Waals surface area contributed by atoms with Gasteiger partial charge in [-0.25, -0.2) is 10.8 Å². The van der Waals surface area contributed by atoms with E-state index in [1.54, 1.807) is 13.0 Å². The molecule has 0 spiro atoms. The Kier molecular flexibility index (Phi) is 3.21. The lowest BCUT2D eigenvalue weighted by Crippen LogP contribution is -2.15. The molecule has 0 fully saturated rings. The first-order valence-electron chi connectivity index (χ1n) is 4.61. The van der Waals surface area contributed by atoms with Gasteiger partial charge in [-0.1, -0.05) is 9.59 Å². The summed E-state index contributed by atoms with van der Waals surface area (Å²) < 4.78 is 3.54. The summed E-state index contributed by atoms with van der Waals surface area (Å²) in [7, 11) is 0. The lowest BCUT2D eigenvalue weighted by Gasteiger charge is -2.05. The first-order valence-corrected chi connectivity index (χ1v) is 5.38. The smallest absolute Gasteiger partial charge is 0.257 e. The molecular formula is C8H9N7OS. The molecular weight excluding hydrogens is 242 g/mol. The molecule has 0 saturated carbocycles. The second-order valence-corrected chi connectivity index (χ2v) is 3.88. The van der Waals surface area contributed by atoms with Crippen LogP contribution in [0, 0.1) is 6.92 Å². The van der Waals surface area contributed by atoms with Crippen LogP contribution in [0.4, 0.5) is 10.9 Å². The number of nitrogens with one attached hydrogen (secondary N) is 2. The molecule has 0 aliphatic carbocycles. The Balaban J connectivity index is 2.21. The molecule has 0 aliphatic heterocycles. The van der Waals surface area contributed by atoms with Crippen molar-refractivity contribution in [1.29, 1.82) is 0 Å². The number of aromatic nitrogens is 4. The maximum absolute atomic E-state index is 11.8. The number of nitrogens with two attached hydrogens (primary N) is 1. The monoisotopic (exact) mass is 251 g/mol. The van der Waals surface area contributed by atoms with Gasteiger partial charge < -0.3 is 5.43 Å². The molecule has 2 rings (SSSR count). The topological polar surface area (TPSA) is 119 Å². The SMILES string of the molecule is Cc1cc(C(=O)Nc2nnns2)cc(NN)n1. The largest absolute Gasteiger partial charge is 0.308 e. The number of hydrogen-bond donors (Lipinski definition) is 3. The maximum atomic E-state index is 11.8. The molecule has 0 bridgehead atoms. The highest BCUT2D eigenvalue weighted by Crippen LogP contribution is 2.12. The summed E-state index contributed by atoms with van der Waals surface area (Å²) in [6, 6.07) is 3.18. The lowest BCUT2D eigenvalue weighted by molar-refractivity contribution is 0.102. The van der Waals surface area contributed by atoms with Gasteiger partial charge in [-0.05, 0) is 24.3 Å². The van der Waals surface area contributed by atoms with Crippen LogP contribution in [0.25, 0.3) is 0 Å². The fourth-order valence-corrected chi connectivity index (χ4v) is 1.59. The van der Waals surface area contributed by atoms with Crippen LogP contribution in [0.3, 0.4) is 0 Å². The normalized spacial score (nSPS) is 10.0. The van der Waals surface area contributed by atoms with E-state index < -0.39 is 0 Å². The molecule has 2 aromatic rings. The lowest BCUT2D eigenvalue weighted by atomic mass is 10.2. The van der Waals surface area contributed by atoms with Crippen LogP contribution in [0.5, 0.6) is 0 Å². The minimum atomic E-state index is -0.314. The first kappa shape index (κ1) is 11.4. The van der Waals surface area contributed by atoms with Crippen molar-refractivity contribution in [2.75, 3.05) is 10.7 Å². The van der Waals surface area contributed by atoms with Gasteiger partial charge in [0.25, 0.3) is 5.91 Å². The predicted octanol–water partition coefficient (Wildman–Crippen LogP) is 0.174. The Hall–Kier alpha value is -2.13. The number of carbonyl (C=O) groups excluding carboxylic acids is 1. The number of aryl methyl sites for hydroxylation is 1. The molecule has 17 heavy (non-hydrogen) atoms. The highest BCUT2D eigenvalue weighted by molar-refractivity contribution is 7.09. The minimum Gasteiger partial charge on any atom is -0.308 e. The summed E-state index contributed by atoms with van der Waals surface area (Å²) in [6.45, 7) is 1.77. The Labute approximate surface area is 100 Å². The fourth-order valence-electron chi connectivity index (χ4n) is 1.22. The zero-order chi connectivity index (χ0) is 12.3. The van der Waals surface area contributed by atoms with Crippen LogP contribution in [0.15, 0.2) is 12.1 Å². The van der Waals surface area contributed by atoms with E-state index in [0.717, 1.165) is 11.5 Å². The van der Waals surface area contributed by atoms with Crippen molar-refractivity contribution in [2.24, 2.45) is 5.84 Å². The number of carbonyl (C=O) groups is 1. The summed E-state index contributed by atoms with van der Waals surface area (Å²) in [5.74, 6) is 5.36. The molecule has 0 aliphatic rings. The van der Waals surface area contributed by atoms with E-state index in [1.165, 1.54) is 6.07 Å². The van der Waals surface area contributed by atoms with Crippen molar-refractivity contribution in [2.45, 2.75) is 6.92 Å². The van der Waals surface area contributed by atoms with E-state index in [1.807, 2.05) is 0 Å². The van der Waals surface area contributed by atoms with Gasteiger partial charge in [0.1, 0.15) is 5.82 Å². The molecule has 2 aromatic heterocycles. The Morgan fingerprint density at radius 1 is 1.47 bits per heavy atom. The van der Waals surface area contributed by atoms with Crippen LogP contribution in [-0.2, 0) is 0 Å². The zero-order valence-electron chi connectivity index (χ0n) is 8.84. The number of anilines is 2. The van der Waals surface area contributed by atoms with Crippen molar-refractivity contribution in [1.82, 2.24) is 19.8 Å². The van der Waals surface area contributed by atoms with E-state index in [4.69, 9.17) is 5.84 Å². The van der Waals surface area contributed by atoms with Gasteiger partial charge in [0.15, 0.2) is 0 Å². The van der Waals surface area contributed by atoms with Crippen LogP contribution in [0.1, 0.15) is 16.1 Å². The first-order chi connectivity index (χ1) is 8.19. The Morgan fingerprint density at radius 2 is 2.29 bits per heavy atom. The molecule has 8 nitrogen and oxygen atoms in total. The van der Waals surface area contributed by atoms with Crippen molar-refractivity contribution in [3.05, 3.63) is 23.4 Å². The number of hydrogen-bond acceptors (Lipinski definition) is 8. The summed E-state index contributed by atoms with van der Waals surface area (Å²) in [6.07, 6.45) is 0. The second-order valence-electron chi connectivity index (χ2n) is 3.15. The standard InChI is InChI=1S/C8H9N7OS/c1-4-2-5(3-6(10-4)12-9)7(16)11-8-13-14-15-17-8/h2-3H,9H2,1H3,(H,10,12)(H,11,13,15,16). The van der Waals surface area contributed by atoms with E-state index >= 15 is 0 Å². The molecule has 0 aromatic carbocycles. The van der Waals surface area contributed by atoms with Gasteiger partial charge in [0.05, 0.1) is 0 Å².